The number of rotatable bonds is 4. The summed E-state index contributed by atoms with van der Waals surface area (Å²) in [6.45, 7) is 1.95. The summed E-state index contributed by atoms with van der Waals surface area (Å²) in [5, 5.41) is 9.18. The molecular formula is C13H17ClFNO4S. The molecule has 0 amide bonds. The second kappa shape index (κ2) is 6.58. The van der Waals surface area contributed by atoms with Crippen molar-refractivity contribution in [1.82, 2.24) is 4.31 Å². The van der Waals surface area contributed by atoms with E-state index in [9.17, 15) is 12.8 Å². The summed E-state index contributed by atoms with van der Waals surface area (Å²) in [5.41, 5.74) is -0.137. The van der Waals surface area contributed by atoms with Crippen molar-refractivity contribution in [2.45, 2.75) is 30.9 Å². The van der Waals surface area contributed by atoms with Gasteiger partial charge in [0.2, 0.25) is 10.0 Å². The molecular weight excluding hydrogens is 321 g/mol. The van der Waals surface area contributed by atoms with Crippen molar-refractivity contribution >= 4 is 21.6 Å². The molecule has 0 spiro atoms. The number of halogens is 2. The van der Waals surface area contributed by atoms with Crippen LogP contribution in [-0.4, -0.2) is 43.6 Å². The Bertz CT molecular complexity index is 623. The van der Waals surface area contributed by atoms with Gasteiger partial charge in [0.1, 0.15) is 10.7 Å². The fraction of sp³-hybridized carbons (Fsp3) is 0.538. The fourth-order valence-electron chi connectivity index (χ4n) is 2.32. The van der Waals surface area contributed by atoms with Gasteiger partial charge in [-0.1, -0.05) is 18.5 Å². The van der Waals surface area contributed by atoms with Crippen molar-refractivity contribution in [1.29, 1.82) is 0 Å². The third-order valence-electron chi connectivity index (χ3n) is 3.48. The summed E-state index contributed by atoms with van der Waals surface area (Å²) in [5.74, 6) is -0.955. The third-order valence-corrected chi connectivity index (χ3v) is 5.65. The summed E-state index contributed by atoms with van der Waals surface area (Å²) in [6, 6.07) is 1.96. The molecule has 0 aliphatic carbocycles. The summed E-state index contributed by atoms with van der Waals surface area (Å²) in [4.78, 5) is -0.501. The maximum absolute atomic E-state index is 14.3. The van der Waals surface area contributed by atoms with Gasteiger partial charge >= 0.3 is 0 Å². The molecule has 1 unspecified atom stereocenters. The highest BCUT2D eigenvalue weighted by atomic mass is 35.5. The lowest BCUT2D eigenvalue weighted by Gasteiger charge is -2.34. The summed E-state index contributed by atoms with van der Waals surface area (Å²) >= 11 is 5.83. The minimum absolute atomic E-state index is 0.0698. The lowest BCUT2D eigenvalue weighted by Crippen LogP contribution is -2.48. The van der Waals surface area contributed by atoms with E-state index in [0.29, 0.717) is 6.42 Å². The van der Waals surface area contributed by atoms with E-state index in [0.717, 1.165) is 6.07 Å². The number of ether oxygens (including phenoxy) is 1. The van der Waals surface area contributed by atoms with Gasteiger partial charge in [0.15, 0.2) is 0 Å². The first kappa shape index (κ1) is 16.6. The Morgan fingerprint density at radius 1 is 1.52 bits per heavy atom. The lowest BCUT2D eigenvalue weighted by atomic mass is 10.2. The number of nitrogens with zero attached hydrogens (tertiary/aromatic N) is 1. The van der Waals surface area contributed by atoms with Gasteiger partial charge in [-0.05, 0) is 18.6 Å². The van der Waals surface area contributed by atoms with Gasteiger partial charge in [0.05, 0.1) is 19.8 Å². The van der Waals surface area contributed by atoms with E-state index in [-0.39, 0.29) is 36.4 Å². The molecule has 1 aromatic rings. The average molecular weight is 338 g/mol. The van der Waals surface area contributed by atoms with Gasteiger partial charge in [-0.15, -0.1) is 0 Å². The zero-order chi connectivity index (χ0) is 15.6. The van der Waals surface area contributed by atoms with Crippen LogP contribution in [-0.2, 0) is 21.4 Å². The van der Waals surface area contributed by atoms with Gasteiger partial charge in [0.25, 0.3) is 0 Å². The zero-order valence-corrected chi connectivity index (χ0v) is 13.1. The Hall–Kier alpha value is -0.730. The van der Waals surface area contributed by atoms with Gasteiger partial charge in [-0.25, -0.2) is 12.8 Å². The Kier molecular flexibility index (Phi) is 5.21. The van der Waals surface area contributed by atoms with Crippen molar-refractivity contribution in [2.75, 3.05) is 19.8 Å². The molecule has 1 aliphatic rings. The van der Waals surface area contributed by atoms with Crippen LogP contribution in [0.1, 0.15) is 18.9 Å². The smallest absolute Gasteiger partial charge is 0.246 e. The third kappa shape index (κ3) is 3.22. The number of aliphatic hydroxyl groups excluding tert-OH is 1. The van der Waals surface area contributed by atoms with E-state index >= 15 is 0 Å². The largest absolute Gasteiger partial charge is 0.392 e. The highest BCUT2D eigenvalue weighted by Crippen LogP contribution is 2.28. The second-order valence-corrected chi connectivity index (χ2v) is 7.08. The van der Waals surface area contributed by atoms with Crippen LogP contribution in [0.25, 0.3) is 0 Å². The van der Waals surface area contributed by atoms with E-state index in [2.05, 4.69) is 0 Å². The molecule has 1 saturated heterocycles. The first-order chi connectivity index (χ1) is 9.91. The van der Waals surface area contributed by atoms with Crippen molar-refractivity contribution in [2.24, 2.45) is 0 Å². The fourth-order valence-corrected chi connectivity index (χ4v) is 4.43. The Morgan fingerprint density at radius 3 is 2.86 bits per heavy atom. The van der Waals surface area contributed by atoms with E-state index in [1.54, 1.807) is 0 Å². The van der Waals surface area contributed by atoms with Crippen LogP contribution in [0.3, 0.4) is 0 Å². The summed E-state index contributed by atoms with van der Waals surface area (Å²) in [7, 11) is -4.03. The molecule has 2 rings (SSSR count). The monoisotopic (exact) mass is 337 g/mol. The molecule has 21 heavy (non-hydrogen) atoms. The van der Waals surface area contributed by atoms with E-state index in [1.807, 2.05) is 6.92 Å². The Morgan fingerprint density at radius 2 is 2.24 bits per heavy atom. The number of benzene rings is 1. The summed E-state index contributed by atoms with van der Waals surface area (Å²) in [6.07, 6.45) is 0.564. The van der Waals surface area contributed by atoms with E-state index < -0.39 is 27.3 Å². The molecule has 8 heteroatoms. The predicted molar refractivity (Wildman–Crippen MR) is 76.1 cm³/mol. The normalized spacial score (nSPS) is 20.7. The zero-order valence-electron chi connectivity index (χ0n) is 11.6. The minimum atomic E-state index is -4.03. The van der Waals surface area contributed by atoms with Crippen LogP contribution in [0.2, 0.25) is 5.02 Å². The predicted octanol–water partition coefficient (Wildman–Crippen LogP) is 1.77. The number of morpholine rings is 1. The molecule has 0 radical (unpaired) electrons. The standard InChI is InChI=1S/C13H17ClFNO4S/c1-2-11-8-20-4-3-16(11)21(18,19)12-6-10(14)5-9(7-17)13(12)15/h5-6,11,17H,2-4,7-8H2,1H3. The van der Waals surface area contributed by atoms with Crippen molar-refractivity contribution in [3.8, 4) is 0 Å². The van der Waals surface area contributed by atoms with Gasteiger partial charge < -0.3 is 9.84 Å². The first-order valence-corrected chi connectivity index (χ1v) is 8.42. The number of hydrogen-bond donors (Lipinski definition) is 1. The van der Waals surface area contributed by atoms with Crippen molar-refractivity contribution < 1.29 is 22.7 Å². The number of sulfonamides is 1. The Labute approximate surface area is 128 Å². The van der Waals surface area contributed by atoms with Crippen LogP contribution in [0.4, 0.5) is 4.39 Å². The molecule has 5 nitrogen and oxygen atoms in total. The van der Waals surface area contributed by atoms with Crippen LogP contribution < -0.4 is 0 Å². The second-order valence-electron chi connectivity index (χ2n) is 4.79. The maximum Gasteiger partial charge on any atom is 0.246 e. The van der Waals surface area contributed by atoms with Crippen molar-refractivity contribution in [3.05, 3.63) is 28.5 Å². The van der Waals surface area contributed by atoms with Crippen LogP contribution in [0.5, 0.6) is 0 Å². The van der Waals surface area contributed by atoms with Gasteiger partial charge in [0, 0.05) is 23.2 Å². The quantitative estimate of drug-likeness (QED) is 0.909. The van der Waals surface area contributed by atoms with Crippen LogP contribution in [0, 0.1) is 5.82 Å². The molecule has 1 heterocycles. The molecule has 1 N–H and O–H groups in total. The van der Waals surface area contributed by atoms with Crippen LogP contribution >= 0.6 is 11.6 Å². The molecule has 1 aromatic carbocycles. The lowest BCUT2D eigenvalue weighted by molar-refractivity contribution is 0.0313. The molecule has 1 fully saturated rings. The molecule has 0 bridgehead atoms. The van der Waals surface area contributed by atoms with Crippen LogP contribution in [0.15, 0.2) is 17.0 Å². The topological polar surface area (TPSA) is 66.8 Å². The molecule has 0 aromatic heterocycles. The van der Waals surface area contributed by atoms with Gasteiger partial charge in [-0.3, -0.25) is 0 Å². The molecule has 118 valence electrons. The number of hydrogen-bond acceptors (Lipinski definition) is 4. The van der Waals surface area contributed by atoms with E-state index in [4.69, 9.17) is 21.4 Å². The average Bonchev–Trinajstić information content (AvgIpc) is 2.48. The SMILES string of the molecule is CCC1COCCN1S(=O)(=O)c1cc(Cl)cc(CO)c1F. The maximum atomic E-state index is 14.3. The summed E-state index contributed by atoms with van der Waals surface area (Å²) < 4.78 is 46.2. The first-order valence-electron chi connectivity index (χ1n) is 6.60. The molecule has 0 saturated carbocycles. The van der Waals surface area contributed by atoms with Crippen molar-refractivity contribution in [3.63, 3.8) is 0 Å². The highest BCUT2D eigenvalue weighted by molar-refractivity contribution is 7.89. The molecule has 1 aliphatic heterocycles. The Balaban J connectivity index is 2.50. The minimum Gasteiger partial charge on any atom is -0.392 e. The number of aliphatic hydroxyl groups is 1. The van der Waals surface area contributed by atoms with E-state index in [1.165, 1.54) is 10.4 Å². The highest BCUT2D eigenvalue weighted by Gasteiger charge is 2.35. The molecule has 1 atom stereocenters. The van der Waals surface area contributed by atoms with Gasteiger partial charge in [-0.2, -0.15) is 4.31 Å².